The Morgan fingerprint density at radius 2 is 2.06 bits per heavy atom. The minimum atomic E-state index is -0.393. The first kappa shape index (κ1) is 14.0. The van der Waals surface area contributed by atoms with E-state index >= 15 is 0 Å². The van der Waals surface area contributed by atoms with Gasteiger partial charge in [0.05, 0.1) is 0 Å². The summed E-state index contributed by atoms with van der Waals surface area (Å²) >= 11 is 0. The predicted octanol–water partition coefficient (Wildman–Crippen LogP) is 3.71. The summed E-state index contributed by atoms with van der Waals surface area (Å²) in [5, 5.41) is 9.76. The summed E-state index contributed by atoms with van der Waals surface area (Å²) in [6.45, 7) is 8.25. The minimum Gasteiger partial charge on any atom is -0.508 e. The number of halogens is 1. The zero-order chi connectivity index (χ0) is 12.8. The van der Waals surface area contributed by atoms with Gasteiger partial charge in [0.1, 0.15) is 11.6 Å². The van der Waals surface area contributed by atoms with Gasteiger partial charge in [-0.25, -0.2) is 4.39 Å². The molecule has 17 heavy (non-hydrogen) atoms. The number of nitrogens with zero attached hydrogens (tertiary/aromatic N) is 1. The zero-order valence-corrected chi connectivity index (χ0v) is 10.9. The quantitative estimate of drug-likeness (QED) is 0.818. The number of phenolic OH excluding ortho intramolecular Hbond substituents is 1. The third kappa shape index (κ3) is 3.70. The van der Waals surface area contributed by atoms with Crippen molar-refractivity contribution < 1.29 is 9.50 Å². The van der Waals surface area contributed by atoms with Crippen LogP contribution in [0.25, 0.3) is 0 Å². The van der Waals surface area contributed by atoms with Crippen LogP contribution in [0.3, 0.4) is 0 Å². The molecule has 0 bridgehead atoms. The fourth-order valence-electron chi connectivity index (χ4n) is 2.05. The van der Waals surface area contributed by atoms with Gasteiger partial charge in [-0.1, -0.05) is 26.3 Å². The number of hydrogen-bond acceptors (Lipinski definition) is 2. The lowest BCUT2D eigenvalue weighted by molar-refractivity contribution is 0.215. The molecule has 0 saturated carbocycles. The van der Waals surface area contributed by atoms with Gasteiger partial charge in [0, 0.05) is 17.7 Å². The normalized spacial score (nSPS) is 13.0. The molecule has 0 fully saturated rings. The Balaban J connectivity index is 2.81. The molecule has 1 aromatic rings. The highest BCUT2D eigenvalue weighted by Crippen LogP contribution is 2.28. The molecule has 1 unspecified atom stereocenters. The second kappa shape index (κ2) is 6.60. The van der Waals surface area contributed by atoms with Crippen molar-refractivity contribution in [2.24, 2.45) is 0 Å². The number of hydrogen-bond donors (Lipinski definition) is 1. The van der Waals surface area contributed by atoms with Crippen molar-refractivity contribution in [1.82, 2.24) is 4.90 Å². The summed E-state index contributed by atoms with van der Waals surface area (Å²) in [4.78, 5) is 2.29. The van der Waals surface area contributed by atoms with E-state index in [1.165, 1.54) is 12.1 Å². The summed E-state index contributed by atoms with van der Waals surface area (Å²) in [5.74, 6) is -0.345. The van der Waals surface area contributed by atoms with Gasteiger partial charge in [0.25, 0.3) is 0 Å². The Labute approximate surface area is 103 Å². The molecule has 1 rings (SSSR count). The van der Waals surface area contributed by atoms with E-state index in [1.807, 2.05) is 6.92 Å². The molecule has 3 heteroatoms. The van der Waals surface area contributed by atoms with E-state index in [0.717, 1.165) is 31.5 Å². The standard InChI is InChI=1S/C14H22FNO/c1-4-6-9-16(5-2)11(3)13-8-7-12(15)10-14(13)17/h7-8,10-11,17H,4-6,9H2,1-3H3. The molecule has 1 aromatic carbocycles. The fourth-order valence-corrected chi connectivity index (χ4v) is 2.05. The smallest absolute Gasteiger partial charge is 0.126 e. The van der Waals surface area contributed by atoms with Crippen LogP contribution in [0.5, 0.6) is 5.75 Å². The van der Waals surface area contributed by atoms with E-state index in [0.29, 0.717) is 0 Å². The highest BCUT2D eigenvalue weighted by molar-refractivity contribution is 5.34. The van der Waals surface area contributed by atoms with E-state index in [9.17, 15) is 9.50 Å². The molecule has 1 N–H and O–H groups in total. The lowest BCUT2D eigenvalue weighted by Crippen LogP contribution is -2.27. The molecule has 0 radical (unpaired) electrons. The topological polar surface area (TPSA) is 23.5 Å². The molecular formula is C14H22FNO. The van der Waals surface area contributed by atoms with Crippen molar-refractivity contribution in [3.05, 3.63) is 29.6 Å². The van der Waals surface area contributed by atoms with Crippen molar-refractivity contribution in [2.75, 3.05) is 13.1 Å². The molecule has 0 aliphatic carbocycles. The van der Waals surface area contributed by atoms with E-state index in [2.05, 4.69) is 18.7 Å². The van der Waals surface area contributed by atoms with Gasteiger partial charge < -0.3 is 5.11 Å². The van der Waals surface area contributed by atoms with Crippen LogP contribution in [0.2, 0.25) is 0 Å². The van der Waals surface area contributed by atoms with Crippen molar-refractivity contribution in [1.29, 1.82) is 0 Å². The second-order valence-electron chi connectivity index (χ2n) is 4.36. The van der Waals surface area contributed by atoms with Gasteiger partial charge >= 0.3 is 0 Å². The van der Waals surface area contributed by atoms with Crippen molar-refractivity contribution in [3.63, 3.8) is 0 Å². The molecule has 0 saturated heterocycles. The molecule has 0 aromatic heterocycles. The SMILES string of the molecule is CCCCN(CC)C(C)c1ccc(F)cc1O. The Morgan fingerprint density at radius 3 is 2.59 bits per heavy atom. The van der Waals surface area contributed by atoms with E-state index in [-0.39, 0.29) is 11.8 Å². The number of rotatable bonds is 6. The van der Waals surface area contributed by atoms with E-state index in [4.69, 9.17) is 0 Å². The maximum absolute atomic E-state index is 12.9. The minimum absolute atomic E-state index is 0.0486. The first-order valence-corrected chi connectivity index (χ1v) is 6.32. The van der Waals surface area contributed by atoms with Gasteiger partial charge in [-0.2, -0.15) is 0 Å². The van der Waals surface area contributed by atoms with Crippen LogP contribution in [0.4, 0.5) is 4.39 Å². The highest BCUT2D eigenvalue weighted by atomic mass is 19.1. The number of unbranched alkanes of at least 4 members (excludes halogenated alkanes) is 1. The molecule has 96 valence electrons. The summed E-state index contributed by atoms with van der Waals surface area (Å²) in [5.41, 5.74) is 0.796. The average Bonchev–Trinajstić information content (AvgIpc) is 2.29. The largest absolute Gasteiger partial charge is 0.508 e. The third-order valence-corrected chi connectivity index (χ3v) is 3.20. The van der Waals surface area contributed by atoms with Crippen LogP contribution in [0, 0.1) is 5.82 Å². The van der Waals surface area contributed by atoms with Gasteiger partial charge in [-0.3, -0.25) is 4.90 Å². The average molecular weight is 239 g/mol. The van der Waals surface area contributed by atoms with Crippen molar-refractivity contribution in [2.45, 2.75) is 39.7 Å². The number of aromatic hydroxyl groups is 1. The predicted molar refractivity (Wildman–Crippen MR) is 68.6 cm³/mol. The molecule has 1 atom stereocenters. The van der Waals surface area contributed by atoms with Crippen LogP contribution in [-0.2, 0) is 0 Å². The first-order valence-electron chi connectivity index (χ1n) is 6.32. The molecule has 2 nitrogen and oxygen atoms in total. The summed E-state index contributed by atoms with van der Waals surface area (Å²) < 4.78 is 12.9. The highest BCUT2D eigenvalue weighted by Gasteiger charge is 2.17. The number of phenols is 1. The molecule has 0 aliphatic rings. The second-order valence-corrected chi connectivity index (χ2v) is 4.36. The number of benzene rings is 1. The lowest BCUT2D eigenvalue weighted by Gasteiger charge is -2.28. The van der Waals surface area contributed by atoms with Gasteiger partial charge in [0.15, 0.2) is 0 Å². The maximum Gasteiger partial charge on any atom is 0.126 e. The summed E-state index contributed by atoms with van der Waals surface area (Å²) in [6, 6.07) is 4.37. The fraction of sp³-hybridized carbons (Fsp3) is 0.571. The Hall–Kier alpha value is -1.09. The van der Waals surface area contributed by atoms with Crippen LogP contribution >= 0.6 is 0 Å². The van der Waals surface area contributed by atoms with Gasteiger partial charge in [-0.15, -0.1) is 0 Å². The summed E-state index contributed by atoms with van der Waals surface area (Å²) in [6.07, 6.45) is 2.29. The molecule has 0 aliphatic heterocycles. The van der Waals surface area contributed by atoms with E-state index in [1.54, 1.807) is 6.07 Å². The Morgan fingerprint density at radius 1 is 1.35 bits per heavy atom. The Kier molecular flexibility index (Phi) is 5.42. The molecule has 0 amide bonds. The molecule has 0 spiro atoms. The first-order chi connectivity index (χ1) is 8.10. The van der Waals surface area contributed by atoms with Crippen LogP contribution in [0.1, 0.15) is 45.2 Å². The molecular weight excluding hydrogens is 217 g/mol. The van der Waals surface area contributed by atoms with E-state index < -0.39 is 5.82 Å². The third-order valence-electron chi connectivity index (χ3n) is 3.20. The van der Waals surface area contributed by atoms with Crippen LogP contribution in [0.15, 0.2) is 18.2 Å². The van der Waals surface area contributed by atoms with Crippen LogP contribution in [-0.4, -0.2) is 23.1 Å². The van der Waals surface area contributed by atoms with Crippen LogP contribution < -0.4 is 0 Å². The molecule has 0 heterocycles. The monoisotopic (exact) mass is 239 g/mol. The zero-order valence-electron chi connectivity index (χ0n) is 10.9. The Bertz CT molecular complexity index is 354. The van der Waals surface area contributed by atoms with Crippen molar-refractivity contribution >= 4 is 0 Å². The maximum atomic E-state index is 12.9. The van der Waals surface area contributed by atoms with Gasteiger partial charge in [0.2, 0.25) is 0 Å². The van der Waals surface area contributed by atoms with Crippen molar-refractivity contribution in [3.8, 4) is 5.75 Å². The summed E-state index contributed by atoms with van der Waals surface area (Å²) in [7, 11) is 0. The lowest BCUT2D eigenvalue weighted by atomic mass is 10.1. The van der Waals surface area contributed by atoms with Gasteiger partial charge in [-0.05, 0) is 32.5 Å².